The minimum atomic E-state index is 0.578. The Hall–Kier alpha value is -0.870. The van der Waals surface area contributed by atoms with E-state index in [0.717, 1.165) is 32.1 Å². The summed E-state index contributed by atoms with van der Waals surface area (Å²) in [5, 5.41) is 3.42. The first kappa shape index (κ1) is 10.6. The maximum absolute atomic E-state index is 5.63. The van der Waals surface area contributed by atoms with Gasteiger partial charge in [-0.2, -0.15) is 0 Å². The van der Waals surface area contributed by atoms with E-state index in [9.17, 15) is 0 Å². The molecule has 0 saturated carbocycles. The van der Waals surface area contributed by atoms with E-state index in [1.807, 2.05) is 19.3 Å². The van der Waals surface area contributed by atoms with Crippen LogP contribution in [0.15, 0.2) is 12.4 Å². The fourth-order valence-electron chi connectivity index (χ4n) is 1.93. The highest BCUT2D eigenvalue weighted by Crippen LogP contribution is 2.05. The third-order valence-electron chi connectivity index (χ3n) is 2.88. The quantitative estimate of drug-likeness (QED) is 0.734. The van der Waals surface area contributed by atoms with Crippen molar-refractivity contribution in [2.75, 3.05) is 19.8 Å². The fourth-order valence-corrected chi connectivity index (χ4v) is 1.93. The van der Waals surface area contributed by atoms with Crippen molar-refractivity contribution in [3.05, 3.63) is 18.2 Å². The molecule has 0 aromatic carbocycles. The molecule has 1 aromatic rings. The summed E-state index contributed by atoms with van der Waals surface area (Å²) in [4.78, 5) is 4.17. The van der Waals surface area contributed by atoms with E-state index in [1.165, 1.54) is 12.8 Å². The summed E-state index contributed by atoms with van der Waals surface area (Å²) in [6, 6.07) is 0.578. The maximum Gasteiger partial charge on any atom is 0.105 e. The number of nitrogens with zero attached hydrogens (tertiary/aromatic N) is 2. The van der Waals surface area contributed by atoms with Crippen molar-refractivity contribution >= 4 is 0 Å². The van der Waals surface area contributed by atoms with E-state index in [4.69, 9.17) is 4.74 Å². The summed E-state index contributed by atoms with van der Waals surface area (Å²) in [5.41, 5.74) is 0. The highest BCUT2D eigenvalue weighted by atomic mass is 16.5. The molecule has 0 aliphatic carbocycles. The van der Waals surface area contributed by atoms with Crippen molar-refractivity contribution in [1.29, 1.82) is 0 Å². The molecule has 1 saturated heterocycles. The third-order valence-corrected chi connectivity index (χ3v) is 2.88. The first-order valence-corrected chi connectivity index (χ1v) is 5.65. The van der Waals surface area contributed by atoms with Gasteiger partial charge in [-0.25, -0.2) is 4.98 Å². The summed E-state index contributed by atoms with van der Waals surface area (Å²) >= 11 is 0. The molecule has 15 heavy (non-hydrogen) atoms. The summed E-state index contributed by atoms with van der Waals surface area (Å²) in [7, 11) is 0. The Morgan fingerprint density at radius 2 is 2.60 bits per heavy atom. The van der Waals surface area contributed by atoms with Crippen LogP contribution in [0.1, 0.15) is 18.7 Å². The summed E-state index contributed by atoms with van der Waals surface area (Å²) < 4.78 is 7.75. The van der Waals surface area contributed by atoms with Crippen molar-refractivity contribution in [3.63, 3.8) is 0 Å². The largest absolute Gasteiger partial charge is 0.378 e. The second-order valence-corrected chi connectivity index (χ2v) is 4.04. The molecular formula is C11H19N3O. The average molecular weight is 209 g/mol. The molecular weight excluding hydrogens is 190 g/mol. The maximum atomic E-state index is 5.63. The van der Waals surface area contributed by atoms with E-state index >= 15 is 0 Å². The molecule has 1 aliphatic rings. The van der Waals surface area contributed by atoms with Crippen molar-refractivity contribution in [2.45, 2.75) is 32.4 Å². The number of hydrogen-bond acceptors (Lipinski definition) is 3. The molecule has 1 fully saturated rings. The molecule has 1 unspecified atom stereocenters. The first-order valence-electron chi connectivity index (χ1n) is 5.65. The number of aryl methyl sites for hydroxylation is 1. The van der Waals surface area contributed by atoms with Crippen LogP contribution in [0.4, 0.5) is 0 Å². The van der Waals surface area contributed by atoms with E-state index in [-0.39, 0.29) is 0 Å². The van der Waals surface area contributed by atoms with E-state index in [1.54, 1.807) is 0 Å². The molecule has 1 aliphatic heterocycles. The average Bonchev–Trinajstić information content (AvgIpc) is 2.85. The number of rotatable bonds is 5. The molecule has 2 heterocycles. The van der Waals surface area contributed by atoms with E-state index < -0.39 is 0 Å². The number of hydrogen-bond donors (Lipinski definition) is 1. The van der Waals surface area contributed by atoms with Gasteiger partial charge in [0.2, 0.25) is 0 Å². The first-order chi connectivity index (χ1) is 7.36. The van der Waals surface area contributed by atoms with Crippen LogP contribution >= 0.6 is 0 Å². The van der Waals surface area contributed by atoms with Gasteiger partial charge >= 0.3 is 0 Å². The van der Waals surface area contributed by atoms with Gasteiger partial charge in [0.05, 0.1) is 13.2 Å². The van der Waals surface area contributed by atoms with Gasteiger partial charge in [-0.3, -0.25) is 0 Å². The van der Waals surface area contributed by atoms with Gasteiger partial charge in [0, 0.05) is 25.0 Å². The van der Waals surface area contributed by atoms with Crippen molar-refractivity contribution in [3.8, 4) is 0 Å². The molecule has 2 rings (SSSR count). The molecule has 0 radical (unpaired) electrons. The Kier molecular flexibility index (Phi) is 3.75. The SMILES string of the molecule is Cc1nccn1CCOCC1CCCN1. The number of aromatic nitrogens is 2. The minimum absolute atomic E-state index is 0.578. The molecule has 84 valence electrons. The lowest BCUT2D eigenvalue weighted by Gasteiger charge is -2.11. The topological polar surface area (TPSA) is 39.1 Å². The number of nitrogens with one attached hydrogen (secondary N) is 1. The molecule has 0 amide bonds. The highest BCUT2D eigenvalue weighted by Gasteiger charge is 2.13. The van der Waals surface area contributed by atoms with Gasteiger partial charge in [0.1, 0.15) is 5.82 Å². The Morgan fingerprint density at radius 1 is 1.67 bits per heavy atom. The number of imidazole rings is 1. The van der Waals surface area contributed by atoms with Crippen molar-refractivity contribution < 1.29 is 4.74 Å². The molecule has 4 nitrogen and oxygen atoms in total. The van der Waals surface area contributed by atoms with E-state index in [0.29, 0.717) is 6.04 Å². The standard InChI is InChI=1S/C11H19N3O/c1-10-12-5-6-14(10)7-8-15-9-11-3-2-4-13-11/h5-6,11,13H,2-4,7-9H2,1H3. The predicted molar refractivity (Wildman–Crippen MR) is 58.8 cm³/mol. The van der Waals surface area contributed by atoms with Crippen molar-refractivity contribution in [1.82, 2.24) is 14.9 Å². The van der Waals surface area contributed by atoms with Gasteiger partial charge in [-0.1, -0.05) is 0 Å². The Balaban J connectivity index is 1.60. The van der Waals surface area contributed by atoms with Gasteiger partial charge < -0.3 is 14.6 Å². The minimum Gasteiger partial charge on any atom is -0.378 e. The van der Waals surface area contributed by atoms with Crippen LogP contribution in [0.2, 0.25) is 0 Å². The second-order valence-electron chi connectivity index (χ2n) is 4.04. The van der Waals surface area contributed by atoms with Crippen LogP contribution < -0.4 is 5.32 Å². The molecule has 1 aromatic heterocycles. The second kappa shape index (κ2) is 5.28. The zero-order valence-electron chi connectivity index (χ0n) is 9.28. The summed E-state index contributed by atoms with van der Waals surface area (Å²) in [5.74, 6) is 1.05. The molecule has 1 atom stereocenters. The van der Waals surface area contributed by atoms with Crippen LogP contribution in [-0.4, -0.2) is 35.4 Å². The zero-order valence-corrected chi connectivity index (χ0v) is 9.28. The monoisotopic (exact) mass is 209 g/mol. The van der Waals surface area contributed by atoms with Crippen LogP contribution in [0.5, 0.6) is 0 Å². The molecule has 1 N–H and O–H groups in total. The molecule has 0 spiro atoms. The fraction of sp³-hybridized carbons (Fsp3) is 0.727. The van der Waals surface area contributed by atoms with Gasteiger partial charge in [0.15, 0.2) is 0 Å². The molecule has 4 heteroatoms. The van der Waals surface area contributed by atoms with Gasteiger partial charge in [-0.05, 0) is 26.3 Å². The van der Waals surface area contributed by atoms with E-state index in [2.05, 4.69) is 14.9 Å². The predicted octanol–water partition coefficient (Wildman–Crippen LogP) is 0.960. The number of ether oxygens (including phenoxy) is 1. The lowest BCUT2D eigenvalue weighted by molar-refractivity contribution is 0.109. The zero-order chi connectivity index (χ0) is 10.5. The van der Waals surface area contributed by atoms with Gasteiger partial charge in [-0.15, -0.1) is 0 Å². The summed E-state index contributed by atoms with van der Waals surface area (Å²) in [6.45, 7) is 5.68. The normalized spacial score (nSPS) is 21.0. The highest BCUT2D eigenvalue weighted by molar-refractivity contribution is 4.88. The Morgan fingerprint density at radius 3 is 3.27 bits per heavy atom. The molecule has 0 bridgehead atoms. The lowest BCUT2D eigenvalue weighted by Crippen LogP contribution is -2.27. The summed E-state index contributed by atoms with van der Waals surface area (Å²) in [6.07, 6.45) is 6.36. The van der Waals surface area contributed by atoms with Crippen LogP contribution in [0.25, 0.3) is 0 Å². The Bertz CT molecular complexity index is 292. The third kappa shape index (κ3) is 3.04. The lowest BCUT2D eigenvalue weighted by atomic mass is 10.2. The smallest absolute Gasteiger partial charge is 0.105 e. The van der Waals surface area contributed by atoms with Gasteiger partial charge in [0.25, 0.3) is 0 Å². The van der Waals surface area contributed by atoms with Crippen LogP contribution in [-0.2, 0) is 11.3 Å². The van der Waals surface area contributed by atoms with Crippen LogP contribution in [0, 0.1) is 6.92 Å². The van der Waals surface area contributed by atoms with Crippen LogP contribution in [0.3, 0.4) is 0 Å². The Labute approximate surface area is 90.6 Å². The van der Waals surface area contributed by atoms with Crippen molar-refractivity contribution in [2.24, 2.45) is 0 Å².